The molecule has 1 aromatic heterocycles. The van der Waals surface area contributed by atoms with E-state index in [0.717, 1.165) is 12.1 Å². The fourth-order valence-corrected chi connectivity index (χ4v) is 1.66. The third-order valence-corrected chi connectivity index (χ3v) is 2.39. The second-order valence-corrected chi connectivity index (χ2v) is 3.58. The molecule has 0 aliphatic rings. The lowest BCUT2D eigenvalue weighted by atomic mass is 10.1. The van der Waals surface area contributed by atoms with Crippen molar-refractivity contribution >= 4 is 16.9 Å². The summed E-state index contributed by atoms with van der Waals surface area (Å²) < 4.78 is 38.1. The highest BCUT2D eigenvalue weighted by atomic mass is 19.4. The maximum Gasteiger partial charge on any atom is 0.417 e. The van der Waals surface area contributed by atoms with Crippen molar-refractivity contribution in [3.63, 3.8) is 0 Å². The fraction of sp³-hybridized carbons (Fsp3) is 0.0909. The van der Waals surface area contributed by atoms with Gasteiger partial charge in [-0.15, -0.1) is 0 Å². The molecule has 2 N–H and O–H groups in total. The number of hydrogen-bond donors (Lipinski definition) is 2. The van der Waals surface area contributed by atoms with Gasteiger partial charge >= 0.3 is 12.1 Å². The molecule has 0 bridgehead atoms. The Morgan fingerprint density at radius 1 is 1.28 bits per heavy atom. The smallest absolute Gasteiger partial charge is 0.417 e. The van der Waals surface area contributed by atoms with E-state index in [1.807, 2.05) is 0 Å². The van der Waals surface area contributed by atoms with E-state index in [4.69, 9.17) is 5.11 Å². The van der Waals surface area contributed by atoms with E-state index >= 15 is 0 Å². The van der Waals surface area contributed by atoms with E-state index in [1.165, 1.54) is 6.07 Å². The molecular weight excluding hydrogens is 251 g/mol. The van der Waals surface area contributed by atoms with Crippen molar-refractivity contribution in [2.75, 3.05) is 0 Å². The zero-order chi connectivity index (χ0) is 13.5. The number of carbonyl (C=O) groups is 1. The Kier molecular flexibility index (Phi) is 2.61. The van der Waals surface area contributed by atoms with Crippen LogP contribution in [0.5, 0.6) is 0 Å². The molecule has 0 atom stereocenters. The number of aromatic carboxylic acids is 1. The molecule has 0 saturated carbocycles. The molecule has 4 nitrogen and oxygen atoms in total. The van der Waals surface area contributed by atoms with Gasteiger partial charge in [-0.1, -0.05) is 6.07 Å². The predicted molar refractivity (Wildman–Crippen MR) is 56.5 cm³/mol. The van der Waals surface area contributed by atoms with Crippen LogP contribution in [0.3, 0.4) is 0 Å². The number of rotatable bonds is 1. The van der Waals surface area contributed by atoms with Gasteiger partial charge in [-0.2, -0.15) is 13.2 Å². The summed E-state index contributed by atoms with van der Waals surface area (Å²) >= 11 is 0. The van der Waals surface area contributed by atoms with Crippen LogP contribution < -0.4 is 5.43 Å². The lowest BCUT2D eigenvalue weighted by molar-refractivity contribution is -0.136. The standard InChI is InChI=1S/C11H6F3NO3/c12-11(13,14)5-2-1-3-6-9(5)8(16)4-7(15-6)10(17)18/h1-4H,(H,15,16)(H,17,18). The summed E-state index contributed by atoms with van der Waals surface area (Å²) in [5, 5.41) is 8.15. The first-order chi connectivity index (χ1) is 8.30. The van der Waals surface area contributed by atoms with Gasteiger partial charge in [0.25, 0.3) is 0 Å². The lowest BCUT2D eigenvalue weighted by Gasteiger charge is -2.09. The van der Waals surface area contributed by atoms with E-state index in [1.54, 1.807) is 0 Å². The number of carboxylic acid groups (broad SMARTS) is 1. The number of benzene rings is 1. The van der Waals surface area contributed by atoms with Crippen molar-refractivity contribution in [1.82, 2.24) is 4.98 Å². The molecule has 0 radical (unpaired) electrons. The number of alkyl halides is 3. The molecule has 0 aliphatic heterocycles. The first kappa shape index (κ1) is 12.2. The van der Waals surface area contributed by atoms with Crippen LogP contribution in [0.4, 0.5) is 13.2 Å². The monoisotopic (exact) mass is 257 g/mol. The second kappa shape index (κ2) is 3.86. The normalized spacial score (nSPS) is 11.7. The molecule has 0 spiro atoms. The molecule has 18 heavy (non-hydrogen) atoms. The zero-order valence-electron chi connectivity index (χ0n) is 8.71. The Bertz CT molecular complexity index is 688. The Balaban J connectivity index is 2.88. The first-order valence-corrected chi connectivity index (χ1v) is 4.77. The number of aromatic nitrogens is 1. The van der Waals surface area contributed by atoms with Crippen LogP contribution in [0.2, 0.25) is 0 Å². The summed E-state index contributed by atoms with van der Waals surface area (Å²) in [4.78, 5) is 24.6. The van der Waals surface area contributed by atoms with E-state index in [9.17, 15) is 22.8 Å². The van der Waals surface area contributed by atoms with Gasteiger partial charge < -0.3 is 10.1 Å². The lowest BCUT2D eigenvalue weighted by Crippen LogP contribution is -2.15. The zero-order valence-corrected chi connectivity index (χ0v) is 8.71. The van der Waals surface area contributed by atoms with Gasteiger partial charge in [0.1, 0.15) is 5.69 Å². The van der Waals surface area contributed by atoms with E-state index in [0.29, 0.717) is 6.07 Å². The SMILES string of the molecule is O=C(O)c1cc(=O)c2c(C(F)(F)F)cccc2[nH]1. The Hall–Kier alpha value is -2.31. The van der Waals surface area contributed by atoms with Crippen molar-refractivity contribution in [3.8, 4) is 0 Å². The van der Waals surface area contributed by atoms with Crippen LogP contribution in [-0.2, 0) is 6.18 Å². The second-order valence-electron chi connectivity index (χ2n) is 3.58. The number of nitrogens with one attached hydrogen (secondary N) is 1. The average Bonchev–Trinajstić information content (AvgIpc) is 2.26. The highest BCUT2D eigenvalue weighted by Gasteiger charge is 2.33. The predicted octanol–water partition coefficient (Wildman–Crippen LogP) is 2.25. The quantitative estimate of drug-likeness (QED) is 0.823. The van der Waals surface area contributed by atoms with Crippen molar-refractivity contribution in [2.45, 2.75) is 6.18 Å². The summed E-state index contributed by atoms with van der Waals surface area (Å²) in [6, 6.07) is 3.74. The topological polar surface area (TPSA) is 70.2 Å². The molecule has 0 saturated heterocycles. The number of carboxylic acids is 1. The third-order valence-electron chi connectivity index (χ3n) is 2.39. The number of fused-ring (bicyclic) bond motifs is 1. The molecule has 2 aromatic rings. The fourth-order valence-electron chi connectivity index (χ4n) is 1.66. The van der Waals surface area contributed by atoms with Gasteiger partial charge in [0.2, 0.25) is 0 Å². The molecule has 2 rings (SSSR count). The molecule has 1 aromatic carbocycles. The molecule has 7 heteroatoms. The molecule has 0 amide bonds. The maximum atomic E-state index is 12.7. The molecule has 0 unspecified atom stereocenters. The molecular formula is C11H6F3NO3. The van der Waals surface area contributed by atoms with Crippen molar-refractivity contribution in [3.05, 3.63) is 45.7 Å². The largest absolute Gasteiger partial charge is 0.477 e. The van der Waals surface area contributed by atoms with Crippen LogP contribution in [0.25, 0.3) is 10.9 Å². The summed E-state index contributed by atoms with van der Waals surface area (Å²) in [6.45, 7) is 0. The van der Waals surface area contributed by atoms with Gasteiger partial charge in [-0.25, -0.2) is 4.79 Å². The van der Waals surface area contributed by atoms with Crippen LogP contribution in [0, 0.1) is 0 Å². The van der Waals surface area contributed by atoms with Gasteiger partial charge in [-0.05, 0) is 12.1 Å². The van der Waals surface area contributed by atoms with E-state index in [-0.39, 0.29) is 5.52 Å². The van der Waals surface area contributed by atoms with E-state index in [2.05, 4.69) is 4.98 Å². The highest BCUT2D eigenvalue weighted by Crippen LogP contribution is 2.32. The van der Waals surface area contributed by atoms with Gasteiger partial charge in [0.15, 0.2) is 5.43 Å². The third kappa shape index (κ3) is 1.94. The number of halogens is 3. The van der Waals surface area contributed by atoms with Crippen LogP contribution in [-0.4, -0.2) is 16.1 Å². The summed E-state index contributed by atoms with van der Waals surface area (Å²) in [6.07, 6.45) is -4.67. The Morgan fingerprint density at radius 3 is 2.50 bits per heavy atom. The Morgan fingerprint density at radius 2 is 1.94 bits per heavy atom. The van der Waals surface area contributed by atoms with Crippen molar-refractivity contribution in [1.29, 1.82) is 0 Å². The van der Waals surface area contributed by atoms with Gasteiger partial charge in [0.05, 0.1) is 16.5 Å². The average molecular weight is 257 g/mol. The van der Waals surface area contributed by atoms with Crippen molar-refractivity contribution in [2.24, 2.45) is 0 Å². The van der Waals surface area contributed by atoms with Gasteiger partial charge in [0, 0.05) is 6.07 Å². The maximum absolute atomic E-state index is 12.7. The minimum absolute atomic E-state index is 0.158. The van der Waals surface area contributed by atoms with Crippen LogP contribution in [0.1, 0.15) is 16.1 Å². The van der Waals surface area contributed by atoms with Crippen molar-refractivity contribution < 1.29 is 23.1 Å². The molecule has 0 aliphatic carbocycles. The summed E-state index contributed by atoms with van der Waals surface area (Å²) in [5.74, 6) is -1.41. The number of pyridine rings is 1. The summed E-state index contributed by atoms with van der Waals surface area (Å²) in [7, 11) is 0. The minimum atomic E-state index is -4.67. The van der Waals surface area contributed by atoms with E-state index < -0.39 is 34.2 Å². The first-order valence-electron chi connectivity index (χ1n) is 4.77. The number of H-pyrrole nitrogens is 1. The molecule has 0 fully saturated rings. The van der Waals surface area contributed by atoms with Crippen LogP contribution in [0.15, 0.2) is 29.1 Å². The number of hydrogen-bond acceptors (Lipinski definition) is 2. The Labute approximate surface area is 97.7 Å². The molecule has 94 valence electrons. The summed E-state index contributed by atoms with van der Waals surface area (Å²) in [5.41, 5.74) is -2.67. The van der Waals surface area contributed by atoms with Crippen LogP contribution >= 0.6 is 0 Å². The minimum Gasteiger partial charge on any atom is -0.477 e. The molecule has 1 heterocycles. The highest BCUT2D eigenvalue weighted by molar-refractivity contribution is 5.90. The number of aromatic amines is 1. The van der Waals surface area contributed by atoms with Gasteiger partial charge in [-0.3, -0.25) is 4.79 Å².